The van der Waals surface area contributed by atoms with Crippen LogP contribution in [0.2, 0.25) is 0 Å². The molecule has 3 aromatic rings. The van der Waals surface area contributed by atoms with Gasteiger partial charge in [0.15, 0.2) is 0 Å². The van der Waals surface area contributed by atoms with Crippen LogP contribution in [0.15, 0.2) is 30.6 Å². The molecule has 6 heteroatoms. The monoisotopic (exact) mass is 353 g/mol. The van der Waals surface area contributed by atoms with Gasteiger partial charge in [-0.3, -0.25) is 4.79 Å². The van der Waals surface area contributed by atoms with Gasteiger partial charge in [0.05, 0.1) is 17.6 Å². The number of carbonyl (C=O) groups is 1. The number of nitrogens with zero attached hydrogens (tertiary/aromatic N) is 4. The molecule has 0 atom stereocenters. The maximum atomic E-state index is 12.0. The fourth-order valence-electron chi connectivity index (χ4n) is 2.95. The van der Waals surface area contributed by atoms with Gasteiger partial charge >= 0.3 is 0 Å². The summed E-state index contributed by atoms with van der Waals surface area (Å²) in [5.74, 6) is 1.96. The van der Waals surface area contributed by atoms with Crippen LogP contribution in [0.1, 0.15) is 45.3 Å². The molecule has 2 heterocycles. The number of hydrogen-bond acceptors (Lipinski definition) is 3. The van der Waals surface area contributed by atoms with Gasteiger partial charge < -0.3 is 14.5 Å². The number of benzene rings is 1. The molecule has 0 unspecified atom stereocenters. The molecule has 1 amide bonds. The standard InChI is InChI=1S/C20H27N5O/c1-5-6-10-25-18-8-7-16(22-20(26)14(2)3)12-17(18)23-19(25)13-24-11-9-21-15(24)4/h7-9,11-12,14H,5-6,10,13H2,1-4H3,(H,22,26). The van der Waals surface area contributed by atoms with Crippen molar-refractivity contribution in [1.29, 1.82) is 0 Å². The SMILES string of the molecule is CCCCn1c(Cn2ccnc2C)nc2cc(NC(=O)C(C)C)ccc21. The topological polar surface area (TPSA) is 64.7 Å². The van der Waals surface area contributed by atoms with Crippen molar-refractivity contribution >= 4 is 22.6 Å². The summed E-state index contributed by atoms with van der Waals surface area (Å²) in [6.45, 7) is 9.60. The minimum Gasteiger partial charge on any atom is -0.328 e. The number of anilines is 1. The number of carbonyl (C=O) groups excluding carboxylic acids is 1. The minimum atomic E-state index is -0.0485. The lowest BCUT2D eigenvalue weighted by Gasteiger charge is -2.10. The van der Waals surface area contributed by atoms with Crippen LogP contribution in [0.25, 0.3) is 11.0 Å². The molecule has 0 fully saturated rings. The van der Waals surface area contributed by atoms with E-state index in [4.69, 9.17) is 4.98 Å². The summed E-state index contributed by atoms with van der Waals surface area (Å²) in [6, 6.07) is 5.97. The van der Waals surface area contributed by atoms with Crippen LogP contribution in [0, 0.1) is 12.8 Å². The lowest BCUT2D eigenvalue weighted by molar-refractivity contribution is -0.118. The number of unbranched alkanes of at least 4 members (excludes halogenated alkanes) is 1. The molecule has 26 heavy (non-hydrogen) atoms. The maximum absolute atomic E-state index is 12.0. The second-order valence-electron chi connectivity index (χ2n) is 6.98. The fourth-order valence-corrected chi connectivity index (χ4v) is 2.95. The maximum Gasteiger partial charge on any atom is 0.226 e. The van der Waals surface area contributed by atoms with Gasteiger partial charge in [0, 0.05) is 30.5 Å². The number of rotatable bonds is 7. The molecule has 0 aliphatic heterocycles. The van der Waals surface area contributed by atoms with Crippen molar-refractivity contribution in [3.63, 3.8) is 0 Å². The average molecular weight is 353 g/mol. The third-order valence-corrected chi connectivity index (χ3v) is 4.59. The highest BCUT2D eigenvalue weighted by Gasteiger charge is 2.14. The van der Waals surface area contributed by atoms with E-state index >= 15 is 0 Å². The Bertz CT molecular complexity index is 906. The lowest BCUT2D eigenvalue weighted by atomic mass is 10.2. The van der Waals surface area contributed by atoms with E-state index in [2.05, 4.69) is 32.4 Å². The Morgan fingerprint density at radius 1 is 1.31 bits per heavy atom. The van der Waals surface area contributed by atoms with Gasteiger partial charge in [-0.15, -0.1) is 0 Å². The van der Waals surface area contributed by atoms with Gasteiger partial charge in [-0.1, -0.05) is 27.2 Å². The summed E-state index contributed by atoms with van der Waals surface area (Å²) >= 11 is 0. The number of aryl methyl sites for hydroxylation is 2. The molecule has 1 aromatic carbocycles. The predicted molar refractivity (Wildman–Crippen MR) is 104 cm³/mol. The zero-order valence-electron chi connectivity index (χ0n) is 16.0. The van der Waals surface area contributed by atoms with E-state index in [1.807, 2.05) is 45.3 Å². The fraction of sp³-hybridized carbons (Fsp3) is 0.450. The number of hydrogen-bond donors (Lipinski definition) is 1. The Hall–Kier alpha value is -2.63. The number of aromatic nitrogens is 4. The molecule has 2 aromatic heterocycles. The van der Waals surface area contributed by atoms with E-state index in [1.165, 1.54) is 0 Å². The molecular formula is C20H27N5O. The third-order valence-electron chi connectivity index (χ3n) is 4.59. The van der Waals surface area contributed by atoms with Crippen LogP contribution in [-0.4, -0.2) is 25.0 Å². The first kappa shape index (κ1) is 18.2. The second-order valence-corrected chi connectivity index (χ2v) is 6.98. The van der Waals surface area contributed by atoms with Gasteiger partial charge in [0.2, 0.25) is 5.91 Å². The molecule has 6 nitrogen and oxygen atoms in total. The van der Waals surface area contributed by atoms with E-state index in [1.54, 1.807) is 0 Å². The third kappa shape index (κ3) is 3.79. The summed E-state index contributed by atoms with van der Waals surface area (Å²) < 4.78 is 4.39. The van der Waals surface area contributed by atoms with Crippen LogP contribution >= 0.6 is 0 Å². The molecule has 1 N–H and O–H groups in total. The van der Waals surface area contributed by atoms with Crippen molar-refractivity contribution in [2.24, 2.45) is 5.92 Å². The van der Waals surface area contributed by atoms with Crippen molar-refractivity contribution in [2.75, 3.05) is 5.32 Å². The summed E-state index contributed by atoms with van der Waals surface area (Å²) in [6.07, 6.45) is 6.03. The quantitative estimate of drug-likeness (QED) is 0.698. The van der Waals surface area contributed by atoms with Crippen LogP contribution in [0.3, 0.4) is 0 Å². The number of fused-ring (bicyclic) bond motifs is 1. The highest BCUT2D eigenvalue weighted by molar-refractivity contribution is 5.94. The zero-order chi connectivity index (χ0) is 18.7. The average Bonchev–Trinajstić information content (AvgIpc) is 3.16. The molecule has 0 saturated carbocycles. The largest absolute Gasteiger partial charge is 0.328 e. The predicted octanol–water partition coefficient (Wildman–Crippen LogP) is 3.98. The molecule has 0 saturated heterocycles. The van der Waals surface area contributed by atoms with Crippen molar-refractivity contribution in [2.45, 2.75) is 53.6 Å². The van der Waals surface area contributed by atoms with E-state index in [0.29, 0.717) is 6.54 Å². The van der Waals surface area contributed by atoms with Crippen LogP contribution in [-0.2, 0) is 17.9 Å². The molecule has 3 rings (SSSR count). The normalized spacial score (nSPS) is 11.4. The molecule has 0 aliphatic carbocycles. The summed E-state index contributed by atoms with van der Waals surface area (Å²) in [4.78, 5) is 21.1. The van der Waals surface area contributed by atoms with Crippen molar-refractivity contribution in [1.82, 2.24) is 19.1 Å². The van der Waals surface area contributed by atoms with Gasteiger partial charge in [-0.25, -0.2) is 9.97 Å². The first-order valence-corrected chi connectivity index (χ1v) is 9.27. The Morgan fingerprint density at radius 3 is 2.77 bits per heavy atom. The van der Waals surface area contributed by atoms with Gasteiger partial charge in [-0.05, 0) is 31.5 Å². The van der Waals surface area contributed by atoms with Crippen LogP contribution < -0.4 is 5.32 Å². The van der Waals surface area contributed by atoms with Crippen molar-refractivity contribution in [3.05, 3.63) is 42.2 Å². The molecular weight excluding hydrogens is 326 g/mol. The van der Waals surface area contributed by atoms with Gasteiger partial charge in [-0.2, -0.15) is 0 Å². The van der Waals surface area contributed by atoms with Crippen LogP contribution in [0.5, 0.6) is 0 Å². The first-order chi connectivity index (χ1) is 12.5. The van der Waals surface area contributed by atoms with Gasteiger partial charge in [0.25, 0.3) is 0 Å². The molecule has 0 radical (unpaired) electrons. The van der Waals surface area contributed by atoms with E-state index < -0.39 is 0 Å². The number of amides is 1. The smallest absolute Gasteiger partial charge is 0.226 e. The molecule has 138 valence electrons. The van der Waals surface area contributed by atoms with E-state index in [9.17, 15) is 4.79 Å². The summed E-state index contributed by atoms with van der Waals surface area (Å²) in [7, 11) is 0. The Kier molecular flexibility index (Phi) is 5.40. The van der Waals surface area contributed by atoms with E-state index in [0.717, 1.165) is 47.8 Å². The Morgan fingerprint density at radius 2 is 2.12 bits per heavy atom. The van der Waals surface area contributed by atoms with Crippen LogP contribution in [0.4, 0.5) is 5.69 Å². The Labute approximate surface area is 154 Å². The lowest BCUT2D eigenvalue weighted by Crippen LogP contribution is -2.17. The number of imidazole rings is 2. The van der Waals surface area contributed by atoms with E-state index in [-0.39, 0.29) is 11.8 Å². The summed E-state index contributed by atoms with van der Waals surface area (Å²) in [5, 5.41) is 2.96. The highest BCUT2D eigenvalue weighted by Crippen LogP contribution is 2.22. The molecule has 0 spiro atoms. The first-order valence-electron chi connectivity index (χ1n) is 9.27. The second kappa shape index (κ2) is 7.72. The molecule has 0 aliphatic rings. The van der Waals surface area contributed by atoms with Gasteiger partial charge in [0.1, 0.15) is 11.6 Å². The highest BCUT2D eigenvalue weighted by atomic mass is 16.1. The zero-order valence-corrected chi connectivity index (χ0v) is 16.0. The van der Waals surface area contributed by atoms with Crippen molar-refractivity contribution < 1.29 is 4.79 Å². The van der Waals surface area contributed by atoms with Crippen molar-refractivity contribution in [3.8, 4) is 0 Å². The Balaban J connectivity index is 1.97. The summed E-state index contributed by atoms with van der Waals surface area (Å²) in [5.41, 5.74) is 2.81. The number of nitrogens with one attached hydrogen (secondary N) is 1. The minimum absolute atomic E-state index is 0.0176. The molecule has 0 bridgehead atoms.